The Balaban J connectivity index is 3.01. The molecule has 15 heavy (non-hydrogen) atoms. The quantitative estimate of drug-likeness (QED) is 0.752. The van der Waals surface area contributed by atoms with Gasteiger partial charge in [0.2, 0.25) is 0 Å². The zero-order chi connectivity index (χ0) is 11.6. The molecule has 0 amide bonds. The molecular formula is C12H19NO2. The third-order valence-corrected chi connectivity index (χ3v) is 2.79. The van der Waals surface area contributed by atoms with Crippen molar-refractivity contribution in [1.29, 1.82) is 0 Å². The van der Waals surface area contributed by atoms with Crippen LogP contribution in [0.1, 0.15) is 38.7 Å². The van der Waals surface area contributed by atoms with E-state index in [2.05, 4.69) is 19.9 Å². The van der Waals surface area contributed by atoms with E-state index in [0.717, 1.165) is 12.0 Å². The predicted octanol–water partition coefficient (Wildman–Crippen LogP) is 2.90. The number of hydrogen-bond donors (Lipinski definition) is 2. The minimum Gasteiger partial charge on any atom is -0.494 e. The lowest BCUT2D eigenvalue weighted by Crippen LogP contribution is -1.91. The lowest BCUT2D eigenvalue weighted by atomic mass is 10.0. The maximum atomic E-state index is 9.75. The molecule has 0 saturated carbocycles. The van der Waals surface area contributed by atoms with Gasteiger partial charge in [-0.2, -0.15) is 0 Å². The minimum atomic E-state index is 0.0944. The molecule has 0 aliphatic heterocycles. The lowest BCUT2D eigenvalue weighted by molar-refractivity contribution is 0.384. The molecule has 3 nitrogen and oxygen atoms in total. The molecule has 0 aliphatic rings. The van der Waals surface area contributed by atoms with Crippen LogP contribution in [0.2, 0.25) is 0 Å². The molecule has 0 bridgehead atoms. The molecular weight excluding hydrogens is 190 g/mol. The van der Waals surface area contributed by atoms with Crippen LogP contribution in [0.3, 0.4) is 0 Å². The number of rotatable bonds is 3. The van der Waals surface area contributed by atoms with Crippen LogP contribution in [-0.4, -0.2) is 14.8 Å². The summed E-state index contributed by atoms with van der Waals surface area (Å²) in [5.41, 5.74) is 2.05. The monoisotopic (exact) mass is 209 g/mol. The Morgan fingerprint density at radius 3 is 2.53 bits per heavy atom. The molecule has 0 fully saturated rings. The van der Waals surface area contributed by atoms with E-state index in [1.807, 2.05) is 6.92 Å². The summed E-state index contributed by atoms with van der Waals surface area (Å²) >= 11 is 0. The molecule has 2 N–H and O–H groups in total. The summed E-state index contributed by atoms with van der Waals surface area (Å²) < 4.78 is 1.38. The van der Waals surface area contributed by atoms with Gasteiger partial charge in [0, 0.05) is 24.6 Å². The second-order valence-corrected chi connectivity index (χ2v) is 4.00. The van der Waals surface area contributed by atoms with Gasteiger partial charge in [-0.3, -0.25) is 4.57 Å². The first-order valence-electron chi connectivity index (χ1n) is 5.22. The fourth-order valence-electron chi connectivity index (χ4n) is 1.57. The molecule has 0 radical (unpaired) electrons. The van der Waals surface area contributed by atoms with Crippen LogP contribution in [0.4, 0.5) is 0 Å². The number of nitrogens with zero attached hydrogens (tertiary/aromatic N) is 1. The first-order chi connectivity index (χ1) is 6.97. The number of hydrogen-bond acceptors (Lipinski definition) is 2. The van der Waals surface area contributed by atoms with Crippen molar-refractivity contribution in [1.82, 2.24) is 4.57 Å². The highest BCUT2D eigenvalue weighted by Crippen LogP contribution is 2.33. The van der Waals surface area contributed by atoms with Gasteiger partial charge < -0.3 is 10.2 Å². The third kappa shape index (κ3) is 2.35. The highest BCUT2D eigenvalue weighted by Gasteiger charge is 2.15. The molecule has 3 heteroatoms. The summed E-state index contributed by atoms with van der Waals surface area (Å²) in [6.07, 6.45) is 3.11. The molecule has 1 aromatic heterocycles. The minimum absolute atomic E-state index is 0.0944. The van der Waals surface area contributed by atoms with Crippen LogP contribution in [-0.2, 0) is 7.05 Å². The van der Waals surface area contributed by atoms with E-state index in [0.29, 0.717) is 0 Å². The Kier molecular flexibility index (Phi) is 3.45. The smallest absolute Gasteiger partial charge is 0.197 e. The topological polar surface area (TPSA) is 45.4 Å². The molecule has 1 aromatic rings. The van der Waals surface area contributed by atoms with E-state index >= 15 is 0 Å². The molecule has 0 aliphatic carbocycles. The summed E-state index contributed by atoms with van der Waals surface area (Å²) in [5, 5.41) is 19.2. The van der Waals surface area contributed by atoms with E-state index in [1.165, 1.54) is 10.1 Å². The van der Waals surface area contributed by atoms with E-state index in [4.69, 9.17) is 0 Å². The summed E-state index contributed by atoms with van der Waals surface area (Å²) in [5.74, 6) is 0.356. The van der Waals surface area contributed by atoms with Crippen LogP contribution in [0, 0.1) is 0 Å². The first-order valence-corrected chi connectivity index (χ1v) is 5.22. The van der Waals surface area contributed by atoms with Gasteiger partial charge in [-0.25, -0.2) is 0 Å². The predicted molar refractivity (Wildman–Crippen MR) is 61.2 cm³/mol. The average Bonchev–Trinajstić information content (AvgIpc) is 2.45. The molecule has 1 heterocycles. The van der Waals surface area contributed by atoms with Crippen LogP contribution in [0.25, 0.3) is 0 Å². The Hall–Kier alpha value is -1.38. The summed E-state index contributed by atoms with van der Waals surface area (Å²) in [4.78, 5) is 0. The largest absolute Gasteiger partial charge is 0.494 e. The fraction of sp³-hybridized carbons (Fsp3) is 0.500. The summed E-state index contributed by atoms with van der Waals surface area (Å²) in [7, 11) is 1.64. The molecule has 0 spiro atoms. The zero-order valence-corrected chi connectivity index (χ0v) is 9.78. The van der Waals surface area contributed by atoms with E-state index in [9.17, 15) is 10.2 Å². The van der Waals surface area contributed by atoms with Gasteiger partial charge >= 0.3 is 0 Å². The van der Waals surface area contributed by atoms with Crippen LogP contribution < -0.4 is 0 Å². The second kappa shape index (κ2) is 4.43. The maximum absolute atomic E-state index is 9.75. The van der Waals surface area contributed by atoms with Crippen molar-refractivity contribution in [2.45, 2.75) is 33.1 Å². The Labute approximate surface area is 90.7 Å². The van der Waals surface area contributed by atoms with Crippen molar-refractivity contribution in [3.63, 3.8) is 0 Å². The second-order valence-electron chi connectivity index (χ2n) is 4.00. The van der Waals surface area contributed by atoms with Crippen LogP contribution in [0.15, 0.2) is 17.7 Å². The molecule has 0 saturated heterocycles. The summed E-state index contributed by atoms with van der Waals surface area (Å²) in [6, 6.07) is 1.61. The van der Waals surface area contributed by atoms with Crippen molar-refractivity contribution in [2.24, 2.45) is 7.05 Å². The van der Waals surface area contributed by atoms with Crippen molar-refractivity contribution < 1.29 is 10.2 Å². The molecule has 1 unspecified atom stereocenters. The van der Waals surface area contributed by atoms with E-state index < -0.39 is 0 Å². The van der Waals surface area contributed by atoms with Gasteiger partial charge in [0.25, 0.3) is 0 Å². The summed E-state index contributed by atoms with van der Waals surface area (Å²) in [6.45, 7) is 6.17. The van der Waals surface area contributed by atoms with Crippen LogP contribution in [0.5, 0.6) is 11.8 Å². The van der Waals surface area contributed by atoms with Crippen molar-refractivity contribution >= 4 is 0 Å². The highest BCUT2D eigenvalue weighted by atomic mass is 16.3. The molecule has 1 rings (SSSR count). The number of aromatic hydroxyl groups is 2. The van der Waals surface area contributed by atoms with Gasteiger partial charge in [0.05, 0.1) is 0 Å². The van der Waals surface area contributed by atoms with Gasteiger partial charge in [-0.1, -0.05) is 25.5 Å². The van der Waals surface area contributed by atoms with Crippen molar-refractivity contribution in [3.8, 4) is 11.8 Å². The highest BCUT2D eigenvalue weighted by molar-refractivity contribution is 5.39. The Morgan fingerprint density at radius 2 is 2.13 bits per heavy atom. The standard InChI is InChI=1S/C12H19NO2/c1-5-8(2)6-9(3)10-7-11(14)13(4)12(10)15/h6-7,9,14-15H,5H2,1-4H3/b8-6-. The molecule has 84 valence electrons. The zero-order valence-electron chi connectivity index (χ0n) is 9.78. The van der Waals surface area contributed by atoms with Crippen molar-refractivity contribution in [2.75, 3.05) is 0 Å². The lowest BCUT2D eigenvalue weighted by Gasteiger charge is -2.07. The van der Waals surface area contributed by atoms with E-state index in [-0.39, 0.29) is 17.7 Å². The van der Waals surface area contributed by atoms with Gasteiger partial charge in [0.15, 0.2) is 11.8 Å². The van der Waals surface area contributed by atoms with Gasteiger partial charge in [0.1, 0.15) is 0 Å². The first kappa shape index (κ1) is 11.7. The molecule has 1 atom stereocenters. The van der Waals surface area contributed by atoms with Crippen LogP contribution >= 0.6 is 0 Å². The Morgan fingerprint density at radius 1 is 1.53 bits per heavy atom. The average molecular weight is 209 g/mol. The van der Waals surface area contributed by atoms with E-state index in [1.54, 1.807) is 13.1 Å². The van der Waals surface area contributed by atoms with Gasteiger partial charge in [-0.05, 0) is 13.3 Å². The molecule has 0 aromatic carbocycles. The number of allylic oxidation sites excluding steroid dienone is 2. The third-order valence-electron chi connectivity index (χ3n) is 2.79. The SMILES string of the molecule is CC/C(C)=C\C(C)c1cc(O)n(C)c1O. The fourth-order valence-corrected chi connectivity index (χ4v) is 1.57. The van der Waals surface area contributed by atoms with Gasteiger partial charge in [-0.15, -0.1) is 0 Å². The Bertz CT molecular complexity index is 377. The normalized spacial score (nSPS) is 14.3. The van der Waals surface area contributed by atoms with Crippen molar-refractivity contribution in [3.05, 3.63) is 23.3 Å². The number of aromatic nitrogens is 1. The maximum Gasteiger partial charge on any atom is 0.197 e.